The molecule has 0 saturated carbocycles. The second-order valence-electron chi connectivity index (χ2n) is 5.27. The van der Waals surface area contributed by atoms with Crippen molar-refractivity contribution in [1.82, 2.24) is 0 Å². The van der Waals surface area contributed by atoms with Crippen LogP contribution in [0, 0.1) is 13.8 Å². The van der Waals surface area contributed by atoms with E-state index in [9.17, 15) is 14.7 Å². The molecule has 0 saturated heterocycles. The first-order valence-corrected chi connectivity index (χ1v) is 6.69. The van der Waals surface area contributed by atoms with Gasteiger partial charge in [-0.2, -0.15) is 0 Å². The number of hydrogen-bond donors (Lipinski definition) is 1. The van der Waals surface area contributed by atoms with Crippen LogP contribution in [0.5, 0.6) is 5.75 Å². The highest BCUT2D eigenvalue weighted by Crippen LogP contribution is 2.37. The summed E-state index contributed by atoms with van der Waals surface area (Å²) >= 11 is 0. The van der Waals surface area contributed by atoms with Crippen molar-refractivity contribution in [3.63, 3.8) is 0 Å². The average Bonchev–Trinajstić information content (AvgIpc) is 2.47. The minimum Gasteiger partial charge on any atom is -0.507 e. The average molecular weight is 278 g/mol. The van der Waals surface area contributed by atoms with Crippen LogP contribution in [0.25, 0.3) is 5.57 Å². The number of allylic oxidation sites excluding steroid dienone is 1. The van der Waals surface area contributed by atoms with Crippen LogP contribution < -0.4 is 0 Å². The van der Waals surface area contributed by atoms with E-state index in [1.54, 1.807) is 18.2 Å². The molecular formula is C18H14O3. The zero-order valence-corrected chi connectivity index (χ0v) is 11.8. The van der Waals surface area contributed by atoms with Gasteiger partial charge in [0.05, 0.1) is 0 Å². The van der Waals surface area contributed by atoms with Crippen LogP contribution in [0.1, 0.15) is 32.6 Å². The number of carbonyl (C=O) groups is 2. The van der Waals surface area contributed by atoms with Gasteiger partial charge in [-0.3, -0.25) is 9.59 Å². The van der Waals surface area contributed by atoms with Crippen molar-refractivity contribution in [2.75, 3.05) is 0 Å². The van der Waals surface area contributed by atoms with Crippen molar-refractivity contribution in [3.05, 3.63) is 70.3 Å². The molecule has 21 heavy (non-hydrogen) atoms. The Labute approximate surface area is 122 Å². The summed E-state index contributed by atoms with van der Waals surface area (Å²) < 4.78 is 0. The summed E-state index contributed by atoms with van der Waals surface area (Å²) in [6, 6.07) is 10.7. The number of phenolic OH excluding ortho intramolecular Hbond substituents is 1. The van der Waals surface area contributed by atoms with Gasteiger partial charge < -0.3 is 5.11 Å². The lowest BCUT2D eigenvalue weighted by molar-refractivity contribution is -0.111. The molecule has 0 heterocycles. The molecule has 0 amide bonds. The first-order valence-electron chi connectivity index (χ1n) is 6.69. The molecule has 0 aliphatic heterocycles. The van der Waals surface area contributed by atoms with Crippen molar-refractivity contribution < 1.29 is 14.7 Å². The Hall–Kier alpha value is -2.68. The standard InChI is InChI=1S/C18H14O3/c1-10-7-11(2)17(20)15(8-10)14-9-16(19)18(21)13-6-4-3-5-12(13)14/h3-9,20H,1-2H3. The van der Waals surface area contributed by atoms with Crippen LogP contribution in [0.15, 0.2) is 42.5 Å². The Morgan fingerprint density at radius 3 is 2.29 bits per heavy atom. The van der Waals surface area contributed by atoms with Gasteiger partial charge in [-0.05, 0) is 48.3 Å². The zero-order valence-electron chi connectivity index (χ0n) is 11.8. The lowest BCUT2D eigenvalue weighted by Crippen LogP contribution is -2.19. The number of aryl methyl sites for hydroxylation is 2. The summed E-state index contributed by atoms with van der Waals surface area (Å²) in [7, 11) is 0. The summed E-state index contributed by atoms with van der Waals surface area (Å²) in [5.41, 5.74) is 3.98. The monoisotopic (exact) mass is 278 g/mol. The predicted octanol–water partition coefficient (Wildman–Crippen LogP) is 3.21. The molecule has 3 nitrogen and oxygen atoms in total. The van der Waals surface area contributed by atoms with Crippen molar-refractivity contribution in [3.8, 4) is 5.75 Å². The third-order valence-corrected chi connectivity index (χ3v) is 3.70. The molecule has 2 aromatic rings. The topological polar surface area (TPSA) is 54.4 Å². The minimum absolute atomic E-state index is 0.142. The fourth-order valence-electron chi connectivity index (χ4n) is 2.71. The van der Waals surface area contributed by atoms with Crippen LogP contribution in [0.2, 0.25) is 0 Å². The van der Waals surface area contributed by atoms with E-state index in [1.807, 2.05) is 32.0 Å². The molecule has 0 aromatic heterocycles. The van der Waals surface area contributed by atoms with Gasteiger partial charge in [-0.15, -0.1) is 0 Å². The van der Waals surface area contributed by atoms with Crippen LogP contribution in [-0.4, -0.2) is 16.7 Å². The van der Waals surface area contributed by atoms with Crippen molar-refractivity contribution >= 4 is 17.1 Å². The molecule has 0 radical (unpaired) electrons. The number of rotatable bonds is 1. The zero-order chi connectivity index (χ0) is 15.1. The van der Waals surface area contributed by atoms with Crippen LogP contribution in [0.4, 0.5) is 0 Å². The van der Waals surface area contributed by atoms with Crippen molar-refractivity contribution in [2.24, 2.45) is 0 Å². The van der Waals surface area contributed by atoms with Gasteiger partial charge >= 0.3 is 0 Å². The van der Waals surface area contributed by atoms with Gasteiger partial charge in [-0.25, -0.2) is 0 Å². The summed E-state index contributed by atoms with van der Waals surface area (Å²) in [5.74, 6) is -0.913. The third kappa shape index (κ3) is 2.07. The third-order valence-electron chi connectivity index (χ3n) is 3.70. The van der Waals surface area contributed by atoms with Gasteiger partial charge in [0.25, 0.3) is 0 Å². The molecule has 0 atom stereocenters. The molecule has 0 fully saturated rings. The molecule has 1 aliphatic rings. The Kier molecular flexibility index (Phi) is 2.98. The van der Waals surface area contributed by atoms with E-state index in [0.29, 0.717) is 22.3 Å². The number of fused-ring (bicyclic) bond motifs is 1. The number of hydrogen-bond acceptors (Lipinski definition) is 3. The van der Waals surface area contributed by atoms with E-state index < -0.39 is 11.6 Å². The van der Waals surface area contributed by atoms with E-state index in [2.05, 4.69) is 0 Å². The van der Waals surface area contributed by atoms with Crippen LogP contribution >= 0.6 is 0 Å². The number of aromatic hydroxyl groups is 1. The van der Waals surface area contributed by atoms with Crippen LogP contribution in [-0.2, 0) is 4.79 Å². The molecule has 104 valence electrons. The SMILES string of the molecule is Cc1cc(C)c(O)c(C2=CC(=O)C(=O)c3ccccc32)c1. The summed E-state index contributed by atoms with van der Waals surface area (Å²) in [6.45, 7) is 3.74. The largest absolute Gasteiger partial charge is 0.507 e. The second-order valence-corrected chi connectivity index (χ2v) is 5.27. The number of phenols is 1. The number of benzene rings is 2. The Bertz CT molecular complexity index is 813. The quantitative estimate of drug-likeness (QED) is 0.815. The van der Waals surface area contributed by atoms with Gasteiger partial charge in [0.2, 0.25) is 11.6 Å². The van der Waals surface area contributed by atoms with E-state index in [0.717, 1.165) is 11.1 Å². The minimum atomic E-state index is -0.553. The maximum atomic E-state index is 12.0. The van der Waals surface area contributed by atoms with E-state index in [4.69, 9.17) is 0 Å². The van der Waals surface area contributed by atoms with Crippen molar-refractivity contribution in [2.45, 2.75) is 13.8 Å². The Morgan fingerprint density at radius 1 is 0.905 bits per heavy atom. The molecule has 1 N–H and O–H groups in total. The fourth-order valence-corrected chi connectivity index (χ4v) is 2.71. The van der Waals surface area contributed by atoms with E-state index in [1.165, 1.54) is 6.08 Å². The first-order chi connectivity index (χ1) is 9.99. The first kappa shape index (κ1) is 13.3. The van der Waals surface area contributed by atoms with Gasteiger partial charge in [0, 0.05) is 11.1 Å². The second kappa shape index (κ2) is 4.70. The maximum Gasteiger partial charge on any atom is 0.233 e. The molecule has 2 aromatic carbocycles. The number of carbonyl (C=O) groups excluding carboxylic acids is 2. The normalized spacial score (nSPS) is 13.9. The van der Waals surface area contributed by atoms with Gasteiger partial charge in [0.1, 0.15) is 5.75 Å². The Balaban J connectivity index is 2.31. The summed E-state index contributed by atoms with van der Waals surface area (Å²) in [6.07, 6.45) is 1.32. The highest BCUT2D eigenvalue weighted by Gasteiger charge is 2.27. The lowest BCUT2D eigenvalue weighted by Gasteiger charge is -2.18. The van der Waals surface area contributed by atoms with Crippen LogP contribution in [0.3, 0.4) is 0 Å². The van der Waals surface area contributed by atoms with Gasteiger partial charge in [0.15, 0.2) is 0 Å². The fraction of sp³-hybridized carbons (Fsp3) is 0.111. The van der Waals surface area contributed by atoms with Gasteiger partial charge in [-0.1, -0.05) is 30.3 Å². The molecule has 1 aliphatic carbocycles. The predicted molar refractivity (Wildman–Crippen MR) is 80.4 cm³/mol. The van der Waals surface area contributed by atoms with Crippen molar-refractivity contribution in [1.29, 1.82) is 0 Å². The maximum absolute atomic E-state index is 12.0. The van der Waals surface area contributed by atoms with E-state index in [-0.39, 0.29) is 5.75 Å². The Morgan fingerprint density at radius 2 is 1.57 bits per heavy atom. The summed E-state index contributed by atoms with van der Waals surface area (Å²) in [4.78, 5) is 23.9. The number of Topliss-reactive ketones (excluding diaryl/α,β-unsaturated/α-hetero) is 1. The smallest absolute Gasteiger partial charge is 0.233 e. The lowest BCUT2D eigenvalue weighted by atomic mass is 9.84. The molecule has 3 heteroatoms. The molecular weight excluding hydrogens is 264 g/mol. The number of ketones is 2. The molecule has 0 unspecified atom stereocenters. The van der Waals surface area contributed by atoms with E-state index >= 15 is 0 Å². The molecule has 0 bridgehead atoms. The molecule has 0 spiro atoms. The summed E-state index contributed by atoms with van der Waals surface area (Å²) in [5, 5.41) is 10.3. The highest BCUT2D eigenvalue weighted by atomic mass is 16.3. The molecule has 3 rings (SSSR count). The highest BCUT2D eigenvalue weighted by molar-refractivity contribution is 6.51.